The van der Waals surface area contributed by atoms with Gasteiger partial charge in [0.15, 0.2) is 0 Å². The molecule has 2 aliphatic rings. The number of aromatic nitrogens is 3. The average molecular weight is 305 g/mol. The van der Waals surface area contributed by atoms with Crippen molar-refractivity contribution >= 4 is 5.91 Å². The van der Waals surface area contributed by atoms with Crippen LogP contribution in [0.4, 0.5) is 0 Å². The molecule has 0 bridgehead atoms. The Bertz CT molecular complexity index is 471. The molecule has 2 fully saturated rings. The van der Waals surface area contributed by atoms with Gasteiger partial charge in [0.2, 0.25) is 5.91 Å². The van der Waals surface area contributed by atoms with E-state index < -0.39 is 0 Å². The summed E-state index contributed by atoms with van der Waals surface area (Å²) in [6.07, 6.45) is 9.86. The van der Waals surface area contributed by atoms with Crippen LogP contribution in [0.3, 0.4) is 0 Å². The molecule has 22 heavy (non-hydrogen) atoms. The molecule has 6 heteroatoms. The Morgan fingerprint density at radius 1 is 1.36 bits per heavy atom. The molecule has 2 heterocycles. The number of nitrogens with one attached hydrogen (secondary N) is 1. The molecule has 1 aromatic heterocycles. The van der Waals surface area contributed by atoms with Crippen molar-refractivity contribution in [1.29, 1.82) is 0 Å². The van der Waals surface area contributed by atoms with Crippen molar-refractivity contribution in [3.05, 3.63) is 12.4 Å². The smallest absolute Gasteiger partial charge is 0.242 e. The van der Waals surface area contributed by atoms with E-state index in [4.69, 9.17) is 0 Å². The van der Waals surface area contributed by atoms with Gasteiger partial charge in [0.05, 0.1) is 6.20 Å². The molecule has 122 valence electrons. The van der Waals surface area contributed by atoms with Gasteiger partial charge in [-0.15, -0.1) is 5.10 Å². The second kappa shape index (κ2) is 7.22. The van der Waals surface area contributed by atoms with E-state index in [1.807, 2.05) is 0 Å². The summed E-state index contributed by atoms with van der Waals surface area (Å²) in [5.41, 5.74) is 0. The average Bonchev–Trinajstić information content (AvgIpc) is 3.05. The van der Waals surface area contributed by atoms with Crippen LogP contribution in [0.1, 0.15) is 39.0 Å². The second-order valence-electron chi connectivity index (χ2n) is 6.84. The van der Waals surface area contributed by atoms with E-state index >= 15 is 0 Å². The van der Waals surface area contributed by atoms with Crippen molar-refractivity contribution in [2.75, 3.05) is 19.6 Å². The molecule has 1 aliphatic carbocycles. The van der Waals surface area contributed by atoms with E-state index in [2.05, 4.69) is 27.5 Å². The normalized spacial score (nSPS) is 26.0. The highest BCUT2D eigenvalue weighted by Crippen LogP contribution is 2.30. The lowest BCUT2D eigenvalue weighted by Gasteiger charge is -2.30. The maximum absolute atomic E-state index is 12.2. The summed E-state index contributed by atoms with van der Waals surface area (Å²) in [7, 11) is 0. The van der Waals surface area contributed by atoms with E-state index in [1.54, 1.807) is 17.1 Å². The SMILES string of the molecule is CCC[C@H]1CN(CC2CCC2)C[C@@H]1NC(=O)Cn1ccnn1. The first-order valence-electron chi connectivity index (χ1n) is 8.60. The first-order valence-corrected chi connectivity index (χ1v) is 8.60. The third-order valence-electron chi connectivity index (χ3n) is 5.04. The molecule has 0 radical (unpaired) electrons. The van der Waals surface area contributed by atoms with Crippen LogP contribution in [-0.4, -0.2) is 51.5 Å². The van der Waals surface area contributed by atoms with E-state index in [0.717, 1.165) is 19.0 Å². The Morgan fingerprint density at radius 3 is 2.86 bits per heavy atom. The lowest BCUT2D eigenvalue weighted by Crippen LogP contribution is -2.42. The maximum atomic E-state index is 12.2. The number of carbonyl (C=O) groups is 1. The molecule has 0 aromatic carbocycles. The van der Waals surface area contributed by atoms with Crippen LogP contribution in [-0.2, 0) is 11.3 Å². The van der Waals surface area contributed by atoms with Gasteiger partial charge in [-0.25, -0.2) is 4.68 Å². The standard InChI is InChI=1S/C16H27N5O/c1-2-4-14-10-20(9-13-5-3-6-13)11-15(14)18-16(22)12-21-8-7-17-19-21/h7-8,13-15H,2-6,9-12H2,1H3,(H,18,22)/t14-,15-/m0/s1. The van der Waals surface area contributed by atoms with Crippen molar-refractivity contribution in [3.8, 4) is 0 Å². The van der Waals surface area contributed by atoms with Gasteiger partial charge in [-0.3, -0.25) is 4.79 Å². The molecule has 1 amide bonds. The molecule has 0 unspecified atom stereocenters. The van der Waals surface area contributed by atoms with Crippen LogP contribution in [0.2, 0.25) is 0 Å². The van der Waals surface area contributed by atoms with Crippen molar-refractivity contribution < 1.29 is 4.79 Å². The number of hydrogen-bond acceptors (Lipinski definition) is 4. The third-order valence-corrected chi connectivity index (χ3v) is 5.04. The molecule has 1 saturated carbocycles. The van der Waals surface area contributed by atoms with E-state index in [1.165, 1.54) is 38.6 Å². The van der Waals surface area contributed by atoms with Crippen molar-refractivity contribution in [3.63, 3.8) is 0 Å². The summed E-state index contributed by atoms with van der Waals surface area (Å²) in [6, 6.07) is 0.288. The highest BCUT2D eigenvalue weighted by Gasteiger charge is 2.34. The number of likely N-dealkylation sites (tertiary alicyclic amines) is 1. The second-order valence-corrected chi connectivity index (χ2v) is 6.84. The fourth-order valence-corrected chi connectivity index (χ4v) is 3.69. The molecular formula is C16H27N5O. The quantitative estimate of drug-likeness (QED) is 0.824. The predicted molar refractivity (Wildman–Crippen MR) is 84.1 cm³/mol. The Kier molecular flexibility index (Phi) is 5.08. The Balaban J connectivity index is 1.51. The summed E-state index contributed by atoms with van der Waals surface area (Å²) in [6.45, 7) is 5.85. The number of rotatable bonds is 7. The molecule has 1 N–H and O–H groups in total. The Hall–Kier alpha value is -1.43. The minimum absolute atomic E-state index is 0.0436. The molecule has 1 aromatic rings. The zero-order chi connectivity index (χ0) is 15.4. The van der Waals surface area contributed by atoms with E-state index in [9.17, 15) is 4.79 Å². The minimum Gasteiger partial charge on any atom is -0.350 e. The fraction of sp³-hybridized carbons (Fsp3) is 0.812. The monoisotopic (exact) mass is 305 g/mol. The summed E-state index contributed by atoms with van der Waals surface area (Å²) in [4.78, 5) is 14.8. The lowest BCUT2D eigenvalue weighted by molar-refractivity contribution is -0.122. The molecular weight excluding hydrogens is 278 g/mol. The van der Waals surface area contributed by atoms with E-state index in [0.29, 0.717) is 5.92 Å². The number of hydrogen-bond donors (Lipinski definition) is 1. The molecule has 1 aliphatic heterocycles. The molecule has 3 rings (SSSR count). The molecule has 6 nitrogen and oxygen atoms in total. The summed E-state index contributed by atoms with van der Waals surface area (Å²) in [5, 5.41) is 10.8. The number of carbonyl (C=O) groups excluding carboxylic acids is 1. The van der Waals surface area contributed by atoms with Gasteiger partial charge in [-0.2, -0.15) is 0 Å². The van der Waals surface area contributed by atoms with Crippen LogP contribution < -0.4 is 5.32 Å². The fourth-order valence-electron chi connectivity index (χ4n) is 3.69. The number of nitrogens with zero attached hydrogens (tertiary/aromatic N) is 4. The first-order chi connectivity index (χ1) is 10.7. The third kappa shape index (κ3) is 3.85. The van der Waals surface area contributed by atoms with Crippen LogP contribution in [0.15, 0.2) is 12.4 Å². The largest absolute Gasteiger partial charge is 0.350 e. The van der Waals surface area contributed by atoms with Crippen LogP contribution >= 0.6 is 0 Å². The first kappa shape index (κ1) is 15.5. The molecule has 0 spiro atoms. The van der Waals surface area contributed by atoms with Crippen LogP contribution in [0.5, 0.6) is 0 Å². The molecule has 2 atom stereocenters. The predicted octanol–water partition coefficient (Wildman–Crippen LogP) is 1.29. The van der Waals surface area contributed by atoms with Gasteiger partial charge in [-0.05, 0) is 31.1 Å². The summed E-state index contributed by atoms with van der Waals surface area (Å²) >= 11 is 0. The van der Waals surface area contributed by atoms with Crippen molar-refractivity contribution in [2.24, 2.45) is 11.8 Å². The summed E-state index contributed by atoms with van der Waals surface area (Å²) in [5.74, 6) is 1.53. The van der Waals surface area contributed by atoms with Gasteiger partial charge in [0, 0.05) is 31.9 Å². The van der Waals surface area contributed by atoms with E-state index in [-0.39, 0.29) is 18.5 Å². The van der Waals surface area contributed by atoms with Gasteiger partial charge >= 0.3 is 0 Å². The summed E-state index contributed by atoms with van der Waals surface area (Å²) < 4.78 is 1.57. The minimum atomic E-state index is 0.0436. The van der Waals surface area contributed by atoms with Gasteiger partial charge in [0.1, 0.15) is 6.54 Å². The van der Waals surface area contributed by atoms with Gasteiger partial charge in [-0.1, -0.05) is 25.0 Å². The van der Waals surface area contributed by atoms with Gasteiger partial charge < -0.3 is 10.2 Å². The number of amides is 1. The Labute approximate surface area is 132 Å². The molecule has 1 saturated heterocycles. The van der Waals surface area contributed by atoms with Crippen molar-refractivity contribution in [2.45, 2.75) is 51.6 Å². The lowest BCUT2D eigenvalue weighted by atomic mass is 9.85. The maximum Gasteiger partial charge on any atom is 0.242 e. The highest BCUT2D eigenvalue weighted by molar-refractivity contribution is 5.76. The highest BCUT2D eigenvalue weighted by atomic mass is 16.2. The Morgan fingerprint density at radius 2 is 2.23 bits per heavy atom. The zero-order valence-electron chi connectivity index (χ0n) is 13.4. The zero-order valence-corrected chi connectivity index (χ0v) is 13.4. The van der Waals surface area contributed by atoms with Gasteiger partial charge in [0.25, 0.3) is 0 Å². The van der Waals surface area contributed by atoms with Crippen molar-refractivity contribution in [1.82, 2.24) is 25.2 Å². The van der Waals surface area contributed by atoms with Crippen LogP contribution in [0.25, 0.3) is 0 Å². The topological polar surface area (TPSA) is 63.1 Å². The van der Waals surface area contributed by atoms with Crippen LogP contribution in [0, 0.1) is 11.8 Å².